The van der Waals surface area contributed by atoms with Crippen molar-refractivity contribution in [2.24, 2.45) is 5.92 Å². The van der Waals surface area contributed by atoms with Gasteiger partial charge in [0.05, 0.1) is 18.2 Å². The zero-order valence-electron chi connectivity index (χ0n) is 15.4. The molecule has 0 bridgehead atoms. The van der Waals surface area contributed by atoms with Crippen molar-refractivity contribution in [1.29, 1.82) is 0 Å². The smallest absolute Gasteiger partial charge is 0.229 e. The fourth-order valence-electron chi connectivity index (χ4n) is 3.95. The fraction of sp³-hybridized carbons (Fsp3) is 0.600. The van der Waals surface area contributed by atoms with E-state index in [1.165, 1.54) is 0 Å². The molecule has 5 nitrogen and oxygen atoms in total. The van der Waals surface area contributed by atoms with E-state index in [-0.39, 0.29) is 29.4 Å². The van der Waals surface area contributed by atoms with Crippen molar-refractivity contribution < 1.29 is 14.3 Å². The van der Waals surface area contributed by atoms with Crippen molar-refractivity contribution in [3.05, 3.63) is 30.3 Å². The number of ether oxygens (including phenoxy) is 1. The fourth-order valence-corrected chi connectivity index (χ4v) is 3.95. The number of carbonyl (C=O) groups is 2. The molecule has 2 fully saturated rings. The van der Waals surface area contributed by atoms with Crippen LogP contribution in [0, 0.1) is 5.92 Å². The Hall–Kier alpha value is -1.88. The minimum atomic E-state index is -0.194. The van der Waals surface area contributed by atoms with Gasteiger partial charge in [-0.25, -0.2) is 0 Å². The van der Waals surface area contributed by atoms with E-state index in [0.717, 1.165) is 38.0 Å². The van der Waals surface area contributed by atoms with Gasteiger partial charge in [-0.3, -0.25) is 9.59 Å². The molecule has 1 unspecified atom stereocenters. The number of piperidine rings is 1. The third kappa shape index (κ3) is 3.71. The Balaban J connectivity index is 1.76. The lowest BCUT2D eigenvalue weighted by atomic mass is 9.86. The van der Waals surface area contributed by atoms with E-state index in [0.29, 0.717) is 6.61 Å². The van der Waals surface area contributed by atoms with E-state index in [2.05, 4.69) is 0 Å². The summed E-state index contributed by atoms with van der Waals surface area (Å²) in [6.45, 7) is 7.55. The van der Waals surface area contributed by atoms with Gasteiger partial charge < -0.3 is 14.5 Å². The molecule has 0 aromatic heterocycles. The number of rotatable bonds is 3. The summed E-state index contributed by atoms with van der Waals surface area (Å²) < 4.78 is 6.22. The zero-order valence-corrected chi connectivity index (χ0v) is 15.4. The molecule has 2 amide bonds. The van der Waals surface area contributed by atoms with Crippen molar-refractivity contribution in [1.82, 2.24) is 4.90 Å². The number of anilines is 1. The number of hydrogen-bond donors (Lipinski definition) is 0. The standard InChI is InChI=1S/C20H28N2O3/c1-15(2)19(24)22(17-7-5-4-6-8-17)18-13-20(25-14-18)9-11-21(12-10-20)16(3)23/h4-8,15,18H,9-14H2,1-3H3. The van der Waals surface area contributed by atoms with Gasteiger partial charge in [0.2, 0.25) is 11.8 Å². The van der Waals surface area contributed by atoms with Crippen LogP contribution in [-0.2, 0) is 14.3 Å². The normalized spacial score (nSPS) is 22.4. The number of hydrogen-bond acceptors (Lipinski definition) is 3. The number of benzene rings is 1. The number of para-hydroxylation sites is 1. The summed E-state index contributed by atoms with van der Waals surface area (Å²) in [5, 5.41) is 0. The summed E-state index contributed by atoms with van der Waals surface area (Å²) in [4.78, 5) is 28.2. The highest BCUT2D eigenvalue weighted by atomic mass is 16.5. The average Bonchev–Trinajstić information content (AvgIpc) is 2.99. The van der Waals surface area contributed by atoms with Crippen LogP contribution in [0.1, 0.15) is 40.0 Å². The molecule has 1 aromatic rings. The van der Waals surface area contributed by atoms with E-state index in [1.807, 2.05) is 54.0 Å². The summed E-state index contributed by atoms with van der Waals surface area (Å²) in [5.74, 6) is 0.208. The SMILES string of the molecule is CC(=O)N1CCC2(CC1)CC(N(C(=O)C(C)C)c1ccccc1)CO2. The van der Waals surface area contributed by atoms with Gasteiger partial charge in [0.1, 0.15) is 0 Å². The van der Waals surface area contributed by atoms with Gasteiger partial charge in [-0.15, -0.1) is 0 Å². The summed E-state index contributed by atoms with van der Waals surface area (Å²) in [6.07, 6.45) is 2.54. The number of carbonyl (C=O) groups excluding carboxylic acids is 2. The Kier molecular flexibility index (Phi) is 5.13. The second-order valence-corrected chi connectivity index (χ2v) is 7.56. The lowest BCUT2D eigenvalue weighted by Gasteiger charge is -2.38. The third-order valence-electron chi connectivity index (χ3n) is 5.44. The van der Waals surface area contributed by atoms with Crippen molar-refractivity contribution in [2.45, 2.75) is 51.7 Å². The van der Waals surface area contributed by atoms with Gasteiger partial charge in [0, 0.05) is 31.6 Å². The molecule has 3 rings (SSSR count). The molecule has 0 saturated carbocycles. The molecule has 0 N–H and O–H groups in total. The minimum absolute atomic E-state index is 0.0566. The number of likely N-dealkylation sites (tertiary alicyclic amines) is 1. The lowest BCUT2D eigenvalue weighted by molar-refractivity contribution is -0.133. The van der Waals surface area contributed by atoms with Crippen molar-refractivity contribution in [3.8, 4) is 0 Å². The van der Waals surface area contributed by atoms with Crippen LogP contribution >= 0.6 is 0 Å². The van der Waals surface area contributed by atoms with Gasteiger partial charge in [-0.2, -0.15) is 0 Å². The molecule has 1 spiro atoms. The van der Waals surface area contributed by atoms with Gasteiger partial charge in [0.15, 0.2) is 0 Å². The highest BCUT2D eigenvalue weighted by Crippen LogP contribution is 2.39. The van der Waals surface area contributed by atoms with Crippen molar-refractivity contribution >= 4 is 17.5 Å². The van der Waals surface area contributed by atoms with E-state index in [1.54, 1.807) is 6.92 Å². The molecular weight excluding hydrogens is 316 g/mol. The Morgan fingerprint density at radius 2 is 1.84 bits per heavy atom. The molecule has 0 aliphatic carbocycles. The molecule has 136 valence electrons. The second-order valence-electron chi connectivity index (χ2n) is 7.56. The zero-order chi connectivity index (χ0) is 18.0. The van der Waals surface area contributed by atoms with Crippen LogP contribution in [0.2, 0.25) is 0 Å². The van der Waals surface area contributed by atoms with Crippen LogP contribution in [0.5, 0.6) is 0 Å². The highest BCUT2D eigenvalue weighted by molar-refractivity contribution is 5.95. The summed E-state index contributed by atoms with van der Waals surface area (Å²) >= 11 is 0. The Labute approximate surface area is 149 Å². The number of nitrogens with zero attached hydrogens (tertiary/aromatic N) is 2. The quantitative estimate of drug-likeness (QED) is 0.847. The van der Waals surface area contributed by atoms with Gasteiger partial charge in [-0.05, 0) is 31.4 Å². The van der Waals surface area contributed by atoms with E-state index >= 15 is 0 Å². The van der Waals surface area contributed by atoms with Gasteiger partial charge >= 0.3 is 0 Å². The molecular formula is C20H28N2O3. The largest absolute Gasteiger partial charge is 0.373 e. The second kappa shape index (κ2) is 7.16. The first-order chi connectivity index (χ1) is 11.9. The molecule has 1 aromatic carbocycles. The van der Waals surface area contributed by atoms with Gasteiger partial charge in [-0.1, -0.05) is 32.0 Å². The van der Waals surface area contributed by atoms with Crippen molar-refractivity contribution in [3.63, 3.8) is 0 Å². The Morgan fingerprint density at radius 1 is 1.20 bits per heavy atom. The predicted molar refractivity (Wildman–Crippen MR) is 97.3 cm³/mol. The van der Waals surface area contributed by atoms with E-state index < -0.39 is 0 Å². The van der Waals surface area contributed by atoms with Crippen LogP contribution in [0.15, 0.2) is 30.3 Å². The topological polar surface area (TPSA) is 49.9 Å². The van der Waals surface area contributed by atoms with E-state index in [9.17, 15) is 9.59 Å². The van der Waals surface area contributed by atoms with Crippen LogP contribution in [-0.4, -0.2) is 48.1 Å². The third-order valence-corrected chi connectivity index (χ3v) is 5.44. The lowest BCUT2D eigenvalue weighted by Crippen LogP contribution is -2.47. The maximum atomic E-state index is 12.9. The molecule has 25 heavy (non-hydrogen) atoms. The van der Waals surface area contributed by atoms with E-state index in [4.69, 9.17) is 4.74 Å². The monoisotopic (exact) mass is 344 g/mol. The maximum absolute atomic E-state index is 12.9. The molecule has 2 heterocycles. The molecule has 5 heteroatoms. The first-order valence-corrected chi connectivity index (χ1v) is 9.19. The molecule has 2 aliphatic heterocycles. The Bertz CT molecular complexity index is 621. The first kappa shape index (κ1) is 17.9. The van der Waals surface area contributed by atoms with Crippen LogP contribution in [0.3, 0.4) is 0 Å². The molecule has 2 aliphatic rings. The van der Waals surface area contributed by atoms with Crippen LogP contribution < -0.4 is 4.90 Å². The molecule has 2 saturated heterocycles. The summed E-state index contributed by atoms with van der Waals surface area (Å²) in [7, 11) is 0. The molecule has 0 radical (unpaired) electrons. The number of amides is 2. The van der Waals surface area contributed by atoms with Crippen LogP contribution in [0.4, 0.5) is 5.69 Å². The van der Waals surface area contributed by atoms with Crippen molar-refractivity contribution in [2.75, 3.05) is 24.6 Å². The summed E-state index contributed by atoms with van der Waals surface area (Å²) in [5.41, 5.74) is 0.744. The summed E-state index contributed by atoms with van der Waals surface area (Å²) in [6, 6.07) is 9.93. The average molecular weight is 344 g/mol. The minimum Gasteiger partial charge on any atom is -0.373 e. The highest BCUT2D eigenvalue weighted by Gasteiger charge is 2.46. The Morgan fingerprint density at radius 3 is 2.40 bits per heavy atom. The first-order valence-electron chi connectivity index (χ1n) is 9.19. The molecule has 1 atom stereocenters. The maximum Gasteiger partial charge on any atom is 0.229 e. The predicted octanol–water partition coefficient (Wildman–Crippen LogP) is 2.85. The van der Waals surface area contributed by atoms with Crippen LogP contribution in [0.25, 0.3) is 0 Å². The van der Waals surface area contributed by atoms with Gasteiger partial charge in [0.25, 0.3) is 0 Å².